The molecule has 1 saturated heterocycles. The second-order valence-corrected chi connectivity index (χ2v) is 6.95. The van der Waals surface area contributed by atoms with Crippen molar-refractivity contribution in [3.8, 4) is 0 Å². The van der Waals surface area contributed by atoms with Crippen LogP contribution in [0.4, 0.5) is 27.8 Å². The Balaban J connectivity index is 2.06. The number of benzene rings is 1. The van der Waals surface area contributed by atoms with E-state index >= 15 is 0 Å². The highest BCUT2D eigenvalue weighted by molar-refractivity contribution is 5.77. The predicted molar refractivity (Wildman–Crippen MR) is 101 cm³/mol. The summed E-state index contributed by atoms with van der Waals surface area (Å²) in [7, 11) is 1.00. The number of hydrogen-bond donors (Lipinski definition) is 1. The van der Waals surface area contributed by atoms with Gasteiger partial charge in [-0.2, -0.15) is 13.2 Å². The fourth-order valence-electron chi connectivity index (χ4n) is 3.26. The standard InChI is InChI=1S/C20H20F5N3O4/c1-9(11-5-4-6-12(14(11)21)20(23,24)25)26-17-13(19-31-7-8-32-19)16(27-10(2)28-17)15(22)18(29)30-3/h4-6,9,15,19H,7-8H2,1-3H3,(H,26,27,28). The van der Waals surface area contributed by atoms with Crippen molar-refractivity contribution in [2.75, 3.05) is 25.6 Å². The monoisotopic (exact) mass is 461 g/mol. The summed E-state index contributed by atoms with van der Waals surface area (Å²) in [6, 6.07) is 1.87. The Kier molecular flexibility index (Phi) is 6.94. The number of esters is 1. The van der Waals surface area contributed by atoms with Gasteiger partial charge in [-0.1, -0.05) is 12.1 Å². The largest absolute Gasteiger partial charge is 0.467 e. The third-order valence-electron chi connectivity index (χ3n) is 4.75. The molecule has 2 aromatic rings. The SMILES string of the molecule is COC(=O)C(F)c1nc(C)nc(NC(C)c2cccc(C(F)(F)F)c2F)c1C1OCCO1. The summed E-state index contributed by atoms with van der Waals surface area (Å²) in [5.74, 6) is -2.69. The zero-order valence-electron chi connectivity index (χ0n) is 17.3. The summed E-state index contributed by atoms with van der Waals surface area (Å²) < 4.78 is 84.0. The molecule has 0 amide bonds. The first kappa shape index (κ1) is 23.8. The number of ether oxygens (including phenoxy) is 3. The summed E-state index contributed by atoms with van der Waals surface area (Å²) in [5, 5.41) is 2.78. The molecule has 2 heterocycles. The van der Waals surface area contributed by atoms with Crippen LogP contribution in [-0.2, 0) is 25.2 Å². The molecule has 1 N–H and O–H groups in total. The van der Waals surface area contributed by atoms with Gasteiger partial charge in [0.05, 0.1) is 37.5 Å². The molecule has 174 valence electrons. The van der Waals surface area contributed by atoms with Gasteiger partial charge in [0.2, 0.25) is 6.17 Å². The van der Waals surface area contributed by atoms with E-state index < -0.39 is 42.0 Å². The van der Waals surface area contributed by atoms with E-state index in [-0.39, 0.29) is 41.7 Å². The zero-order chi connectivity index (χ0) is 23.6. The lowest BCUT2D eigenvalue weighted by molar-refractivity contribution is -0.147. The molecule has 3 rings (SSSR count). The van der Waals surface area contributed by atoms with Crippen LogP contribution in [0.5, 0.6) is 0 Å². The normalized spacial score (nSPS) is 16.6. The molecule has 7 nitrogen and oxygen atoms in total. The summed E-state index contributed by atoms with van der Waals surface area (Å²) >= 11 is 0. The molecule has 12 heteroatoms. The lowest BCUT2D eigenvalue weighted by atomic mass is 10.0. The number of rotatable bonds is 6. The van der Waals surface area contributed by atoms with Crippen LogP contribution in [0.3, 0.4) is 0 Å². The predicted octanol–water partition coefficient (Wildman–Crippen LogP) is 4.35. The van der Waals surface area contributed by atoms with E-state index in [1.807, 2.05) is 0 Å². The third kappa shape index (κ3) is 4.80. The van der Waals surface area contributed by atoms with Gasteiger partial charge >= 0.3 is 12.1 Å². The van der Waals surface area contributed by atoms with Gasteiger partial charge in [-0.05, 0) is 19.9 Å². The van der Waals surface area contributed by atoms with E-state index in [2.05, 4.69) is 20.0 Å². The van der Waals surface area contributed by atoms with Crippen LogP contribution < -0.4 is 5.32 Å². The Labute approximate surface area is 179 Å². The van der Waals surface area contributed by atoms with Crippen LogP contribution in [0.15, 0.2) is 18.2 Å². The van der Waals surface area contributed by atoms with E-state index in [9.17, 15) is 26.7 Å². The number of aromatic nitrogens is 2. The number of halogens is 5. The molecule has 0 saturated carbocycles. The minimum absolute atomic E-state index is 0.0486. The van der Waals surface area contributed by atoms with Crippen LogP contribution >= 0.6 is 0 Å². The van der Waals surface area contributed by atoms with Crippen LogP contribution in [-0.4, -0.2) is 36.3 Å². The molecule has 1 fully saturated rings. The van der Waals surface area contributed by atoms with Crippen molar-refractivity contribution in [1.82, 2.24) is 9.97 Å². The quantitative estimate of drug-likeness (QED) is 0.506. The Hall–Kier alpha value is -2.86. The molecule has 32 heavy (non-hydrogen) atoms. The number of alkyl halides is 4. The molecule has 2 unspecified atom stereocenters. The maximum Gasteiger partial charge on any atom is 0.419 e. The average Bonchev–Trinajstić information content (AvgIpc) is 3.25. The summed E-state index contributed by atoms with van der Waals surface area (Å²) in [6.07, 6.45) is -8.32. The van der Waals surface area contributed by atoms with Crippen LogP contribution in [0.1, 0.15) is 53.6 Å². The molecule has 0 aliphatic carbocycles. The molecule has 2 atom stereocenters. The van der Waals surface area contributed by atoms with Gasteiger partial charge in [0, 0.05) is 5.56 Å². The average molecular weight is 461 g/mol. The summed E-state index contributed by atoms with van der Waals surface area (Å²) in [5.41, 5.74) is -2.15. The molecule has 1 aromatic heterocycles. The first-order valence-corrected chi connectivity index (χ1v) is 9.50. The van der Waals surface area contributed by atoms with E-state index in [4.69, 9.17) is 9.47 Å². The second-order valence-electron chi connectivity index (χ2n) is 6.95. The van der Waals surface area contributed by atoms with Crippen molar-refractivity contribution in [2.24, 2.45) is 0 Å². The fourth-order valence-corrected chi connectivity index (χ4v) is 3.26. The minimum Gasteiger partial charge on any atom is -0.467 e. The maximum atomic E-state index is 14.8. The summed E-state index contributed by atoms with van der Waals surface area (Å²) in [6.45, 7) is 3.17. The number of hydrogen-bond acceptors (Lipinski definition) is 7. The van der Waals surface area contributed by atoms with Gasteiger partial charge in [0.1, 0.15) is 23.2 Å². The molecule has 0 bridgehead atoms. The summed E-state index contributed by atoms with van der Waals surface area (Å²) in [4.78, 5) is 20.0. The Morgan fingerprint density at radius 2 is 1.91 bits per heavy atom. The van der Waals surface area contributed by atoms with E-state index in [1.54, 1.807) is 0 Å². The van der Waals surface area contributed by atoms with Crippen LogP contribution in [0.25, 0.3) is 0 Å². The van der Waals surface area contributed by atoms with Gasteiger partial charge in [0.25, 0.3) is 0 Å². The lowest BCUT2D eigenvalue weighted by Gasteiger charge is -2.23. The van der Waals surface area contributed by atoms with E-state index in [0.29, 0.717) is 6.07 Å². The van der Waals surface area contributed by atoms with Crippen LogP contribution in [0, 0.1) is 12.7 Å². The Morgan fingerprint density at radius 3 is 2.50 bits per heavy atom. The number of methoxy groups -OCH3 is 1. The van der Waals surface area contributed by atoms with Crippen molar-refractivity contribution in [3.05, 3.63) is 52.2 Å². The number of aryl methyl sites for hydroxylation is 1. The van der Waals surface area contributed by atoms with E-state index in [0.717, 1.165) is 13.2 Å². The topological polar surface area (TPSA) is 82.6 Å². The smallest absolute Gasteiger partial charge is 0.419 e. The van der Waals surface area contributed by atoms with Crippen molar-refractivity contribution in [2.45, 2.75) is 38.5 Å². The highest BCUT2D eigenvalue weighted by atomic mass is 19.4. The van der Waals surface area contributed by atoms with Gasteiger partial charge in [-0.25, -0.2) is 23.5 Å². The van der Waals surface area contributed by atoms with Gasteiger partial charge in [0.15, 0.2) is 6.29 Å². The number of nitrogens with one attached hydrogen (secondary N) is 1. The number of anilines is 1. The van der Waals surface area contributed by atoms with E-state index in [1.165, 1.54) is 19.9 Å². The number of nitrogens with zero attached hydrogens (tertiary/aromatic N) is 2. The zero-order valence-corrected chi connectivity index (χ0v) is 17.3. The molecular formula is C20H20F5N3O4. The molecule has 0 spiro atoms. The first-order chi connectivity index (χ1) is 15.0. The molecule has 1 aliphatic rings. The van der Waals surface area contributed by atoms with Crippen molar-refractivity contribution < 1.29 is 41.0 Å². The first-order valence-electron chi connectivity index (χ1n) is 9.50. The molecule has 1 aromatic carbocycles. The second kappa shape index (κ2) is 9.33. The van der Waals surface area contributed by atoms with Gasteiger partial charge < -0.3 is 19.5 Å². The molecule has 1 aliphatic heterocycles. The highest BCUT2D eigenvalue weighted by Crippen LogP contribution is 2.38. The lowest BCUT2D eigenvalue weighted by Crippen LogP contribution is -2.21. The minimum atomic E-state index is -4.88. The Morgan fingerprint density at radius 1 is 1.25 bits per heavy atom. The molecular weight excluding hydrogens is 441 g/mol. The third-order valence-corrected chi connectivity index (χ3v) is 4.75. The van der Waals surface area contributed by atoms with Crippen LogP contribution in [0.2, 0.25) is 0 Å². The number of carbonyl (C=O) groups excluding carboxylic acids is 1. The van der Waals surface area contributed by atoms with Crippen molar-refractivity contribution >= 4 is 11.8 Å². The van der Waals surface area contributed by atoms with Gasteiger partial charge in [-0.15, -0.1) is 0 Å². The fraction of sp³-hybridized carbons (Fsp3) is 0.450. The highest BCUT2D eigenvalue weighted by Gasteiger charge is 2.37. The molecule has 0 radical (unpaired) electrons. The Bertz CT molecular complexity index is 996. The number of carbonyl (C=O) groups is 1. The van der Waals surface area contributed by atoms with Gasteiger partial charge in [-0.3, -0.25) is 0 Å². The van der Waals surface area contributed by atoms with Crippen molar-refractivity contribution in [3.63, 3.8) is 0 Å². The van der Waals surface area contributed by atoms with Crippen molar-refractivity contribution in [1.29, 1.82) is 0 Å². The maximum absolute atomic E-state index is 14.8.